The summed E-state index contributed by atoms with van der Waals surface area (Å²) in [5, 5.41) is 40.2. The van der Waals surface area contributed by atoms with Gasteiger partial charge in [0.15, 0.2) is 6.29 Å². The molecule has 6 unspecified atom stereocenters. The van der Waals surface area contributed by atoms with Crippen LogP contribution in [0.5, 0.6) is 0 Å². The summed E-state index contributed by atoms with van der Waals surface area (Å²) in [5.41, 5.74) is 0. The number of hydrogen-bond acceptors (Lipinski definition) is 9. The van der Waals surface area contributed by atoms with Crippen LogP contribution >= 0.6 is 0 Å². The number of carbonyl (C=O) groups excluding carboxylic acids is 1. The molecule has 0 radical (unpaired) electrons. The summed E-state index contributed by atoms with van der Waals surface area (Å²) >= 11 is 0. The van der Waals surface area contributed by atoms with Gasteiger partial charge in [0.05, 0.1) is 19.8 Å². The van der Waals surface area contributed by atoms with Crippen LogP contribution in [0, 0.1) is 0 Å². The first kappa shape index (κ1) is 57.2. The van der Waals surface area contributed by atoms with Crippen LogP contribution in [0.1, 0.15) is 258 Å². The molecule has 1 fully saturated rings. The molecule has 1 aliphatic heterocycles. The minimum atomic E-state index is -1.53. The van der Waals surface area contributed by atoms with Gasteiger partial charge in [-0.05, 0) is 12.8 Å². The van der Waals surface area contributed by atoms with E-state index in [9.17, 15) is 25.2 Å². The fourth-order valence-corrected chi connectivity index (χ4v) is 8.44. The van der Waals surface area contributed by atoms with Gasteiger partial charge in [-0.3, -0.25) is 4.79 Å². The van der Waals surface area contributed by atoms with Crippen LogP contribution in [-0.4, -0.2) is 89.6 Å². The Morgan fingerprint density at radius 2 is 0.817 bits per heavy atom. The Labute approximate surface area is 370 Å². The summed E-state index contributed by atoms with van der Waals surface area (Å²) in [7, 11) is 0. The summed E-state index contributed by atoms with van der Waals surface area (Å²) in [5.74, 6) is -0.306. The molecule has 60 heavy (non-hydrogen) atoms. The van der Waals surface area contributed by atoms with Crippen LogP contribution < -0.4 is 0 Å². The van der Waals surface area contributed by atoms with E-state index in [2.05, 4.69) is 13.8 Å². The Morgan fingerprint density at radius 3 is 1.18 bits per heavy atom. The van der Waals surface area contributed by atoms with Crippen molar-refractivity contribution >= 4 is 5.97 Å². The number of carbonyl (C=O) groups is 1. The topological polar surface area (TPSA) is 135 Å². The first-order valence-corrected chi connectivity index (χ1v) is 26.1. The fraction of sp³-hybridized carbons (Fsp3) is 0.980. The molecule has 1 saturated heterocycles. The van der Waals surface area contributed by atoms with Crippen LogP contribution in [0.25, 0.3) is 0 Å². The number of hydrogen-bond donors (Lipinski definition) is 4. The number of aliphatic hydroxyl groups excluding tert-OH is 4. The molecule has 0 aromatic carbocycles. The lowest BCUT2D eigenvalue weighted by Gasteiger charge is -2.39. The highest BCUT2D eigenvalue weighted by atomic mass is 16.7. The molecule has 0 saturated carbocycles. The third kappa shape index (κ3) is 33.7. The standard InChI is InChI=1S/C51H100O9/c1-3-5-7-9-11-13-15-17-19-20-21-22-23-24-25-26-27-29-31-33-35-37-39-41-57-43-45(44-58-51-50(56)49(55)48(54)46(42-52)60-51)59-47(53)40-38-36-34-32-30-28-18-16-14-12-10-8-6-4-2/h45-46,48-52,54-56H,3-44H2,1-2H3. The van der Waals surface area contributed by atoms with Gasteiger partial charge >= 0.3 is 5.97 Å². The van der Waals surface area contributed by atoms with E-state index < -0.39 is 43.4 Å². The van der Waals surface area contributed by atoms with E-state index in [1.807, 2.05) is 0 Å². The van der Waals surface area contributed by atoms with Crippen molar-refractivity contribution < 1.29 is 44.2 Å². The van der Waals surface area contributed by atoms with E-state index in [0.29, 0.717) is 13.0 Å². The summed E-state index contributed by atoms with van der Waals surface area (Å²) in [6.07, 6.45) is 41.4. The summed E-state index contributed by atoms with van der Waals surface area (Å²) in [6, 6.07) is 0. The number of rotatable bonds is 46. The second-order valence-corrected chi connectivity index (χ2v) is 18.3. The second kappa shape index (κ2) is 43.4. The monoisotopic (exact) mass is 857 g/mol. The van der Waals surface area contributed by atoms with Crippen LogP contribution in [0.2, 0.25) is 0 Å². The molecule has 0 bridgehead atoms. The minimum Gasteiger partial charge on any atom is -0.457 e. The van der Waals surface area contributed by atoms with Crippen LogP contribution in [0.3, 0.4) is 0 Å². The molecule has 1 aliphatic rings. The normalized spacial score (nSPS) is 19.9. The largest absolute Gasteiger partial charge is 0.457 e. The second-order valence-electron chi connectivity index (χ2n) is 18.3. The van der Waals surface area contributed by atoms with E-state index in [0.717, 1.165) is 32.1 Å². The van der Waals surface area contributed by atoms with Gasteiger partial charge < -0.3 is 39.4 Å². The zero-order valence-electron chi connectivity index (χ0n) is 39.5. The molecule has 0 aliphatic carbocycles. The Morgan fingerprint density at radius 1 is 0.467 bits per heavy atom. The smallest absolute Gasteiger partial charge is 0.306 e. The highest BCUT2D eigenvalue weighted by Crippen LogP contribution is 2.23. The average molecular weight is 857 g/mol. The molecule has 4 N–H and O–H groups in total. The minimum absolute atomic E-state index is 0.105. The lowest BCUT2D eigenvalue weighted by molar-refractivity contribution is -0.305. The van der Waals surface area contributed by atoms with Crippen molar-refractivity contribution in [2.24, 2.45) is 0 Å². The van der Waals surface area contributed by atoms with E-state index >= 15 is 0 Å². The van der Waals surface area contributed by atoms with Crippen molar-refractivity contribution in [2.45, 2.75) is 295 Å². The number of unbranched alkanes of at least 4 members (excludes halogenated alkanes) is 35. The average Bonchev–Trinajstić information content (AvgIpc) is 3.25. The van der Waals surface area contributed by atoms with Gasteiger partial charge in [-0.1, -0.05) is 239 Å². The Kier molecular flexibility index (Phi) is 41.4. The number of esters is 1. The van der Waals surface area contributed by atoms with Crippen molar-refractivity contribution in [3.63, 3.8) is 0 Å². The molecule has 9 nitrogen and oxygen atoms in total. The summed E-state index contributed by atoms with van der Waals surface area (Å²) in [6.45, 7) is 4.62. The molecule has 0 aromatic rings. The lowest BCUT2D eigenvalue weighted by atomic mass is 9.99. The van der Waals surface area contributed by atoms with E-state index in [-0.39, 0.29) is 19.2 Å². The number of ether oxygens (including phenoxy) is 4. The molecule has 0 amide bonds. The van der Waals surface area contributed by atoms with E-state index in [4.69, 9.17) is 18.9 Å². The first-order valence-electron chi connectivity index (χ1n) is 26.1. The summed E-state index contributed by atoms with van der Waals surface area (Å²) < 4.78 is 22.9. The van der Waals surface area contributed by atoms with Crippen molar-refractivity contribution in [3.05, 3.63) is 0 Å². The maximum Gasteiger partial charge on any atom is 0.306 e. The van der Waals surface area contributed by atoms with E-state index in [1.54, 1.807) is 0 Å². The molecule has 358 valence electrons. The fourth-order valence-electron chi connectivity index (χ4n) is 8.44. The predicted molar refractivity (Wildman–Crippen MR) is 247 cm³/mol. The third-order valence-corrected chi connectivity index (χ3v) is 12.5. The van der Waals surface area contributed by atoms with Gasteiger partial charge in [-0.2, -0.15) is 0 Å². The Hall–Kier alpha value is -0.810. The van der Waals surface area contributed by atoms with Crippen LogP contribution in [0.15, 0.2) is 0 Å². The summed E-state index contributed by atoms with van der Waals surface area (Å²) in [4.78, 5) is 12.8. The zero-order chi connectivity index (χ0) is 43.6. The maximum absolute atomic E-state index is 12.8. The van der Waals surface area contributed by atoms with Crippen LogP contribution in [0.4, 0.5) is 0 Å². The van der Waals surface area contributed by atoms with E-state index in [1.165, 1.54) is 205 Å². The van der Waals surface area contributed by atoms with Crippen molar-refractivity contribution in [1.29, 1.82) is 0 Å². The van der Waals surface area contributed by atoms with Gasteiger partial charge in [-0.15, -0.1) is 0 Å². The molecule has 9 heteroatoms. The Bertz CT molecular complexity index is 889. The first-order chi connectivity index (χ1) is 29.4. The highest BCUT2D eigenvalue weighted by Gasteiger charge is 2.44. The quantitative estimate of drug-likeness (QED) is 0.0348. The third-order valence-electron chi connectivity index (χ3n) is 12.5. The molecule has 0 spiro atoms. The zero-order valence-corrected chi connectivity index (χ0v) is 39.5. The molecule has 1 heterocycles. The van der Waals surface area contributed by atoms with Gasteiger partial charge in [-0.25, -0.2) is 0 Å². The van der Waals surface area contributed by atoms with Crippen molar-refractivity contribution in [2.75, 3.05) is 26.4 Å². The lowest BCUT2D eigenvalue weighted by Crippen LogP contribution is -2.59. The molecule has 6 atom stereocenters. The van der Waals surface area contributed by atoms with Crippen LogP contribution in [-0.2, 0) is 23.7 Å². The molecule has 1 rings (SSSR count). The number of aliphatic hydroxyl groups is 4. The van der Waals surface area contributed by atoms with Gasteiger partial charge in [0, 0.05) is 13.0 Å². The SMILES string of the molecule is CCCCCCCCCCCCCCCCCCCCCCCCCOCC(COC1OC(CO)C(O)C(O)C1O)OC(=O)CCCCCCCCCCCCCCCC. The van der Waals surface area contributed by atoms with Crippen molar-refractivity contribution in [3.8, 4) is 0 Å². The molecular formula is C51H100O9. The molecule has 0 aromatic heterocycles. The van der Waals surface area contributed by atoms with Gasteiger partial charge in [0.2, 0.25) is 0 Å². The predicted octanol–water partition coefficient (Wildman–Crippen LogP) is 12.6. The highest BCUT2D eigenvalue weighted by molar-refractivity contribution is 5.69. The van der Waals surface area contributed by atoms with Gasteiger partial charge in [0.25, 0.3) is 0 Å². The van der Waals surface area contributed by atoms with Gasteiger partial charge in [0.1, 0.15) is 30.5 Å². The molecular weight excluding hydrogens is 757 g/mol. The maximum atomic E-state index is 12.8. The Balaban J connectivity index is 2.14. The van der Waals surface area contributed by atoms with Crippen molar-refractivity contribution in [1.82, 2.24) is 0 Å².